The number of rotatable bonds is 5. The second-order valence-corrected chi connectivity index (χ2v) is 7.59. The molecule has 0 saturated heterocycles. The Labute approximate surface area is 180 Å². The molecule has 0 bridgehead atoms. The van der Waals surface area contributed by atoms with E-state index >= 15 is 0 Å². The van der Waals surface area contributed by atoms with Gasteiger partial charge in [-0.3, -0.25) is 10.1 Å². The highest BCUT2D eigenvalue weighted by molar-refractivity contribution is 7.98. The SMILES string of the molecule is O=[N+]([O-])c1ccc(C2Nc3ccccc3-c3nnc(SCc4ccccc4)nc3O2)o1. The summed E-state index contributed by atoms with van der Waals surface area (Å²) in [5, 5.41) is 23.3. The lowest BCUT2D eigenvalue weighted by atomic mass is 10.1. The molecule has 0 aliphatic carbocycles. The second-order valence-electron chi connectivity index (χ2n) is 6.64. The van der Waals surface area contributed by atoms with Gasteiger partial charge in [-0.05, 0) is 17.7 Å². The Bertz CT molecular complexity index is 1250. The van der Waals surface area contributed by atoms with Crippen molar-refractivity contribution in [3.05, 3.63) is 88.2 Å². The summed E-state index contributed by atoms with van der Waals surface area (Å²) in [4.78, 5) is 15.0. The molecule has 0 fully saturated rings. The predicted octanol–water partition coefficient (Wildman–Crippen LogP) is 4.84. The number of nitrogens with one attached hydrogen (secondary N) is 1. The Hall–Kier alpha value is -3.92. The van der Waals surface area contributed by atoms with Crippen LogP contribution in [0.3, 0.4) is 0 Å². The first-order valence-corrected chi connectivity index (χ1v) is 10.3. The van der Waals surface area contributed by atoms with Crippen molar-refractivity contribution in [2.45, 2.75) is 17.1 Å². The van der Waals surface area contributed by atoms with Crippen LogP contribution in [0, 0.1) is 10.1 Å². The third-order valence-corrected chi connectivity index (χ3v) is 5.50. The molecule has 3 heterocycles. The largest absolute Gasteiger partial charge is 0.444 e. The number of furan rings is 1. The van der Waals surface area contributed by atoms with Crippen molar-refractivity contribution in [2.24, 2.45) is 0 Å². The number of fused-ring (bicyclic) bond motifs is 3. The summed E-state index contributed by atoms with van der Waals surface area (Å²) in [6.07, 6.45) is -0.820. The molecule has 5 rings (SSSR count). The van der Waals surface area contributed by atoms with Gasteiger partial charge in [-0.25, -0.2) is 0 Å². The van der Waals surface area contributed by atoms with Gasteiger partial charge in [0.25, 0.3) is 0 Å². The molecule has 4 aromatic rings. The summed E-state index contributed by atoms with van der Waals surface area (Å²) in [7, 11) is 0. The van der Waals surface area contributed by atoms with Crippen LogP contribution in [0.25, 0.3) is 11.3 Å². The number of hydrogen-bond donors (Lipinski definition) is 1. The molecular formula is C21H15N5O4S. The fourth-order valence-electron chi connectivity index (χ4n) is 3.14. The molecule has 2 aromatic heterocycles. The van der Waals surface area contributed by atoms with Gasteiger partial charge < -0.3 is 14.5 Å². The number of ether oxygens (including phenoxy) is 1. The number of anilines is 1. The van der Waals surface area contributed by atoms with Gasteiger partial charge in [-0.15, -0.1) is 10.2 Å². The Morgan fingerprint density at radius 3 is 2.65 bits per heavy atom. The van der Waals surface area contributed by atoms with Gasteiger partial charge in [0.2, 0.25) is 17.3 Å². The van der Waals surface area contributed by atoms with Gasteiger partial charge >= 0.3 is 5.88 Å². The highest BCUT2D eigenvalue weighted by Crippen LogP contribution is 2.40. The molecule has 1 aliphatic rings. The first-order chi connectivity index (χ1) is 15.2. The van der Waals surface area contributed by atoms with Gasteiger partial charge in [0.1, 0.15) is 4.92 Å². The molecule has 0 amide bonds. The monoisotopic (exact) mass is 433 g/mol. The number of nitro groups is 1. The van der Waals surface area contributed by atoms with Crippen molar-refractivity contribution in [3.63, 3.8) is 0 Å². The zero-order valence-electron chi connectivity index (χ0n) is 16.0. The van der Waals surface area contributed by atoms with Crippen LogP contribution in [0.4, 0.5) is 11.6 Å². The Kier molecular flexibility index (Phi) is 4.97. The maximum absolute atomic E-state index is 11.0. The fourth-order valence-corrected chi connectivity index (χ4v) is 3.87. The molecule has 1 unspecified atom stereocenters. The summed E-state index contributed by atoms with van der Waals surface area (Å²) >= 11 is 1.44. The van der Waals surface area contributed by atoms with Crippen molar-refractivity contribution in [1.29, 1.82) is 0 Å². The lowest BCUT2D eigenvalue weighted by Crippen LogP contribution is -2.16. The second kappa shape index (κ2) is 8.07. The van der Waals surface area contributed by atoms with Crippen LogP contribution in [0.5, 0.6) is 5.88 Å². The van der Waals surface area contributed by atoms with Crippen LogP contribution in [-0.2, 0) is 5.75 Å². The minimum absolute atomic E-state index is 0.256. The molecular weight excluding hydrogens is 418 g/mol. The van der Waals surface area contributed by atoms with E-state index in [1.165, 1.54) is 23.9 Å². The third kappa shape index (κ3) is 3.92. The van der Waals surface area contributed by atoms with Crippen molar-refractivity contribution < 1.29 is 14.1 Å². The average molecular weight is 433 g/mol. The summed E-state index contributed by atoms with van der Waals surface area (Å²) < 4.78 is 11.4. The van der Waals surface area contributed by atoms with Gasteiger partial charge in [-0.2, -0.15) is 4.98 Å². The Morgan fingerprint density at radius 1 is 1.03 bits per heavy atom. The van der Waals surface area contributed by atoms with Crippen molar-refractivity contribution >= 4 is 23.3 Å². The van der Waals surface area contributed by atoms with Gasteiger partial charge in [0, 0.05) is 17.0 Å². The topological polar surface area (TPSA) is 116 Å². The number of nitrogens with zero attached hydrogens (tertiary/aromatic N) is 4. The predicted molar refractivity (Wildman–Crippen MR) is 114 cm³/mol. The van der Waals surface area contributed by atoms with E-state index in [0.29, 0.717) is 16.6 Å². The highest BCUT2D eigenvalue weighted by Gasteiger charge is 2.29. The normalized spacial score (nSPS) is 14.5. The standard InChI is InChI=1S/C21H15N5O4S/c27-26(28)17-11-10-16(29-17)19-22-15-9-5-4-8-14(15)18-20(30-19)23-21(25-24-18)31-12-13-6-2-1-3-7-13/h1-11,19,22H,12H2. The molecule has 1 aliphatic heterocycles. The summed E-state index contributed by atoms with van der Waals surface area (Å²) in [5.74, 6) is 0.848. The quantitative estimate of drug-likeness (QED) is 0.268. The van der Waals surface area contributed by atoms with E-state index < -0.39 is 11.2 Å². The molecule has 0 spiro atoms. The third-order valence-electron chi connectivity index (χ3n) is 4.60. The number of hydrogen-bond acceptors (Lipinski definition) is 9. The number of aromatic nitrogens is 3. The highest BCUT2D eigenvalue weighted by atomic mass is 32.2. The smallest absolute Gasteiger partial charge is 0.433 e. The van der Waals surface area contributed by atoms with E-state index in [-0.39, 0.29) is 17.5 Å². The van der Waals surface area contributed by atoms with Crippen LogP contribution >= 0.6 is 11.8 Å². The fraction of sp³-hybridized carbons (Fsp3) is 0.0952. The van der Waals surface area contributed by atoms with Gasteiger partial charge in [0.15, 0.2) is 11.5 Å². The molecule has 2 aromatic carbocycles. The summed E-state index contributed by atoms with van der Waals surface area (Å²) in [6.45, 7) is 0. The Balaban J connectivity index is 1.49. The van der Waals surface area contributed by atoms with Crippen LogP contribution in [0.1, 0.15) is 17.6 Å². The van der Waals surface area contributed by atoms with Crippen LogP contribution in [0.2, 0.25) is 0 Å². The van der Waals surface area contributed by atoms with E-state index in [9.17, 15) is 10.1 Å². The van der Waals surface area contributed by atoms with Crippen LogP contribution < -0.4 is 10.1 Å². The summed E-state index contributed by atoms with van der Waals surface area (Å²) in [6, 6.07) is 20.2. The number of para-hydroxylation sites is 1. The minimum atomic E-state index is -0.820. The zero-order chi connectivity index (χ0) is 21.2. The number of benzene rings is 2. The van der Waals surface area contributed by atoms with Gasteiger partial charge in [0.05, 0.1) is 6.07 Å². The molecule has 9 nitrogen and oxygen atoms in total. The molecule has 1 N–H and O–H groups in total. The van der Waals surface area contributed by atoms with E-state index in [2.05, 4.69) is 20.5 Å². The van der Waals surface area contributed by atoms with E-state index in [0.717, 1.165) is 16.8 Å². The molecule has 154 valence electrons. The molecule has 0 radical (unpaired) electrons. The van der Waals surface area contributed by atoms with Crippen LogP contribution in [-0.4, -0.2) is 20.1 Å². The lowest BCUT2D eigenvalue weighted by Gasteiger charge is -2.16. The Morgan fingerprint density at radius 2 is 1.84 bits per heavy atom. The van der Waals surface area contributed by atoms with E-state index in [4.69, 9.17) is 9.15 Å². The van der Waals surface area contributed by atoms with Crippen molar-refractivity contribution in [2.75, 3.05) is 5.32 Å². The summed E-state index contributed by atoms with van der Waals surface area (Å²) in [5.41, 5.74) is 3.11. The zero-order valence-corrected chi connectivity index (χ0v) is 16.8. The molecule has 10 heteroatoms. The van der Waals surface area contributed by atoms with E-state index in [1.807, 2.05) is 54.6 Å². The van der Waals surface area contributed by atoms with Crippen LogP contribution in [0.15, 0.2) is 76.3 Å². The molecule has 31 heavy (non-hydrogen) atoms. The molecule has 1 atom stereocenters. The maximum atomic E-state index is 11.0. The maximum Gasteiger partial charge on any atom is 0.433 e. The van der Waals surface area contributed by atoms with E-state index in [1.54, 1.807) is 0 Å². The average Bonchev–Trinajstić information content (AvgIpc) is 3.23. The van der Waals surface area contributed by atoms with Crippen molar-refractivity contribution in [3.8, 4) is 17.1 Å². The lowest BCUT2D eigenvalue weighted by molar-refractivity contribution is -0.402. The van der Waals surface area contributed by atoms with Gasteiger partial charge in [-0.1, -0.05) is 60.3 Å². The minimum Gasteiger partial charge on any atom is -0.444 e. The number of thioether (sulfide) groups is 1. The first-order valence-electron chi connectivity index (χ1n) is 9.35. The van der Waals surface area contributed by atoms with Crippen molar-refractivity contribution in [1.82, 2.24) is 15.2 Å². The first kappa shape index (κ1) is 19.1. The molecule has 0 saturated carbocycles.